The summed E-state index contributed by atoms with van der Waals surface area (Å²) in [5.74, 6) is 0.752. The highest BCUT2D eigenvalue weighted by Crippen LogP contribution is 2.29. The van der Waals surface area contributed by atoms with Crippen LogP contribution in [0, 0.1) is 5.92 Å². The first-order valence-electron chi connectivity index (χ1n) is 9.74. The number of amides is 1. The first-order chi connectivity index (χ1) is 14.7. The highest BCUT2D eigenvalue weighted by molar-refractivity contribution is 5.91. The van der Waals surface area contributed by atoms with E-state index >= 15 is 0 Å². The average Bonchev–Trinajstić information content (AvgIpc) is 3.49. The minimum absolute atomic E-state index is 0.00647. The number of rotatable bonds is 6. The van der Waals surface area contributed by atoms with Gasteiger partial charge in [0.25, 0.3) is 5.91 Å². The van der Waals surface area contributed by atoms with Crippen molar-refractivity contribution in [2.75, 3.05) is 20.2 Å². The molecule has 8 heteroatoms. The molecule has 1 saturated heterocycles. The molecule has 30 heavy (non-hydrogen) atoms. The molecule has 0 atom stereocenters. The van der Waals surface area contributed by atoms with Gasteiger partial charge in [0.05, 0.1) is 19.3 Å². The number of para-hydroxylation sites is 1. The van der Waals surface area contributed by atoms with Crippen molar-refractivity contribution in [3.05, 3.63) is 60.2 Å². The lowest BCUT2D eigenvalue weighted by Crippen LogP contribution is -2.40. The molecule has 1 aromatic carbocycles. The molecule has 0 unspecified atom stereocenters. The number of hydrogen-bond donors (Lipinski definition) is 0. The van der Waals surface area contributed by atoms with Gasteiger partial charge in [0.2, 0.25) is 0 Å². The maximum atomic E-state index is 12.4. The van der Waals surface area contributed by atoms with Crippen LogP contribution in [-0.2, 0) is 16.1 Å². The van der Waals surface area contributed by atoms with Gasteiger partial charge in [0.15, 0.2) is 18.1 Å². The van der Waals surface area contributed by atoms with E-state index in [-0.39, 0.29) is 24.4 Å². The van der Waals surface area contributed by atoms with Crippen molar-refractivity contribution in [1.82, 2.24) is 10.1 Å². The van der Waals surface area contributed by atoms with Crippen LogP contribution in [0.4, 0.5) is 0 Å². The van der Waals surface area contributed by atoms with Crippen molar-refractivity contribution in [2.45, 2.75) is 19.4 Å². The fourth-order valence-electron chi connectivity index (χ4n) is 3.50. The van der Waals surface area contributed by atoms with Gasteiger partial charge >= 0.3 is 5.97 Å². The highest BCUT2D eigenvalue weighted by Gasteiger charge is 2.29. The Hall–Kier alpha value is -3.55. The minimum Gasteiger partial charge on any atom is -0.496 e. The zero-order valence-corrected chi connectivity index (χ0v) is 16.6. The number of piperidine rings is 1. The van der Waals surface area contributed by atoms with E-state index in [2.05, 4.69) is 5.16 Å². The maximum absolute atomic E-state index is 12.4. The summed E-state index contributed by atoms with van der Waals surface area (Å²) in [7, 11) is 1.59. The standard InChI is InChI=1S/C22H22N2O6/c1-27-19-6-3-2-5-17(19)18-13-16(30-23-18)14-29-22(26)15-8-10-24(11-9-15)21(25)20-7-4-12-28-20/h2-7,12-13,15H,8-11,14H2,1H3. The number of carbonyl (C=O) groups excluding carboxylic acids is 2. The van der Waals surface area contributed by atoms with Crippen LogP contribution < -0.4 is 4.74 Å². The van der Waals surface area contributed by atoms with Gasteiger partial charge in [-0.1, -0.05) is 17.3 Å². The summed E-state index contributed by atoms with van der Waals surface area (Å²) >= 11 is 0. The minimum atomic E-state index is -0.296. The Morgan fingerprint density at radius 1 is 1.17 bits per heavy atom. The molecule has 0 saturated carbocycles. The summed E-state index contributed by atoms with van der Waals surface area (Å²) in [6, 6.07) is 12.5. The SMILES string of the molecule is COc1ccccc1-c1cc(COC(=O)C2CCN(C(=O)c3ccco3)CC2)on1. The highest BCUT2D eigenvalue weighted by atomic mass is 16.5. The van der Waals surface area contributed by atoms with Gasteiger partial charge < -0.3 is 23.3 Å². The molecule has 0 N–H and O–H groups in total. The predicted molar refractivity (Wildman–Crippen MR) is 106 cm³/mol. The molecule has 2 aromatic heterocycles. The summed E-state index contributed by atoms with van der Waals surface area (Å²) < 4.78 is 21.2. The zero-order valence-electron chi connectivity index (χ0n) is 16.6. The van der Waals surface area contributed by atoms with Crippen molar-refractivity contribution in [2.24, 2.45) is 5.92 Å². The molecule has 0 bridgehead atoms. The number of hydrogen-bond acceptors (Lipinski definition) is 7. The molecule has 1 aliphatic rings. The first-order valence-corrected chi connectivity index (χ1v) is 9.74. The van der Waals surface area contributed by atoms with E-state index in [4.69, 9.17) is 18.4 Å². The predicted octanol–water partition coefficient (Wildman–Crippen LogP) is 3.54. The van der Waals surface area contributed by atoms with Crippen LogP contribution in [0.1, 0.15) is 29.2 Å². The molecular formula is C22H22N2O6. The summed E-state index contributed by atoms with van der Waals surface area (Å²) in [5.41, 5.74) is 1.41. The van der Waals surface area contributed by atoms with Gasteiger partial charge in [-0.15, -0.1) is 0 Å². The Bertz CT molecular complexity index is 1000. The Morgan fingerprint density at radius 3 is 2.70 bits per heavy atom. The third-order valence-electron chi connectivity index (χ3n) is 5.15. The second-order valence-corrected chi connectivity index (χ2v) is 7.03. The van der Waals surface area contributed by atoms with Crippen LogP contribution in [0.5, 0.6) is 5.75 Å². The van der Waals surface area contributed by atoms with Gasteiger partial charge in [-0.25, -0.2) is 0 Å². The quantitative estimate of drug-likeness (QED) is 0.574. The van der Waals surface area contributed by atoms with Crippen molar-refractivity contribution >= 4 is 11.9 Å². The molecule has 3 aromatic rings. The van der Waals surface area contributed by atoms with E-state index in [1.54, 1.807) is 30.2 Å². The number of aromatic nitrogens is 1. The van der Waals surface area contributed by atoms with Crippen molar-refractivity contribution in [1.29, 1.82) is 0 Å². The molecule has 0 aliphatic carbocycles. The average molecular weight is 410 g/mol. The smallest absolute Gasteiger partial charge is 0.309 e. The molecule has 1 amide bonds. The Balaban J connectivity index is 1.29. The van der Waals surface area contributed by atoms with Crippen molar-refractivity contribution < 1.29 is 28.0 Å². The number of methoxy groups -OCH3 is 1. The Kier molecular flexibility index (Phi) is 5.83. The largest absolute Gasteiger partial charge is 0.496 e. The number of likely N-dealkylation sites (tertiary alicyclic amines) is 1. The molecule has 1 fully saturated rings. The molecule has 3 heterocycles. The fraction of sp³-hybridized carbons (Fsp3) is 0.318. The number of esters is 1. The van der Waals surface area contributed by atoms with Crippen LogP contribution in [0.25, 0.3) is 11.3 Å². The second kappa shape index (κ2) is 8.86. The number of furan rings is 1. The number of benzene rings is 1. The third-order valence-corrected chi connectivity index (χ3v) is 5.15. The lowest BCUT2D eigenvalue weighted by molar-refractivity contribution is -0.152. The fourth-order valence-corrected chi connectivity index (χ4v) is 3.50. The van der Waals surface area contributed by atoms with Gasteiger partial charge in [-0.3, -0.25) is 9.59 Å². The van der Waals surface area contributed by atoms with Gasteiger partial charge in [-0.2, -0.15) is 0 Å². The van der Waals surface area contributed by atoms with E-state index in [0.717, 1.165) is 5.56 Å². The van der Waals surface area contributed by atoms with Gasteiger partial charge in [-0.05, 0) is 37.1 Å². The van der Waals surface area contributed by atoms with E-state index in [9.17, 15) is 9.59 Å². The van der Waals surface area contributed by atoms with Gasteiger partial charge in [0, 0.05) is 24.7 Å². The van der Waals surface area contributed by atoms with E-state index in [1.807, 2.05) is 24.3 Å². The number of nitrogens with zero attached hydrogens (tertiary/aromatic N) is 2. The Morgan fingerprint density at radius 2 is 1.97 bits per heavy atom. The molecule has 8 nitrogen and oxygen atoms in total. The summed E-state index contributed by atoms with van der Waals surface area (Å²) in [6.07, 6.45) is 2.57. The maximum Gasteiger partial charge on any atom is 0.309 e. The molecule has 156 valence electrons. The molecule has 1 aliphatic heterocycles. The molecular weight excluding hydrogens is 388 g/mol. The molecule has 0 spiro atoms. The summed E-state index contributed by atoms with van der Waals surface area (Å²) in [4.78, 5) is 26.4. The normalized spacial score (nSPS) is 14.5. The van der Waals surface area contributed by atoms with E-state index in [0.29, 0.717) is 48.9 Å². The molecule has 0 radical (unpaired) electrons. The lowest BCUT2D eigenvalue weighted by atomic mass is 9.97. The van der Waals surface area contributed by atoms with E-state index in [1.165, 1.54) is 6.26 Å². The third kappa shape index (κ3) is 4.22. The van der Waals surface area contributed by atoms with Crippen LogP contribution in [0.3, 0.4) is 0 Å². The summed E-state index contributed by atoms with van der Waals surface area (Å²) in [5, 5.41) is 4.04. The van der Waals surface area contributed by atoms with Gasteiger partial charge in [0.1, 0.15) is 11.4 Å². The zero-order chi connectivity index (χ0) is 20.9. The first kappa shape index (κ1) is 19.8. The number of carbonyl (C=O) groups is 2. The van der Waals surface area contributed by atoms with Crippen molar-refractivity contribution in [3.8, 4) is 17.0 Å². The topological polar surface area (TPSA) is 95.0 Å². The van der Waals surface area contributed by atoms with E-state index < -0.39 is 0 Å². The second-order valence-electron chi connectivity index (χ2n) is 7.03. The summed E-state index contributed by atoms with van der Waals surface area (Å²) in [6.45, 7) is 0.978. The van der Waals surface area contributed by atoms with Crippen LogP contribution in [0.15, 0.2) is 57.7 Å². The molecule has 4 rings (SSSR count). The van der Waals surface area contributed by atoms with Crippen molar-refractivity contribution in [3.63, 3.8) is 0 Å². The van der Waals surface area contributed by atoms with Crippen LogP contribution in [-0.4, -0.2) is 42.1 Å². The lowest BCUT2D eigenvalue weighted by Gasteiger charge is -2.30. The monoisotopic (exact) mass is 410 g/mol. The number of ether oxygens (including phenoxy) is 2. The van der Waals surface area contributed by atoms with Crippen LogP contribution in [0.2, 0.25) is 0 Å². The Labute approximate surface area is 173 Å². The van der Waals surface area contributed by atoms with Crippen LogP contribution >= 0.6 is 0 Å².